The van der Waals surface area contributed by atoms with Crippen LogP contribution in [0.1, 0.15) is 29.2 Å². The van der Waals surface area contributed by atoms with Crippen LogP contribution >= 0.6 is 23.1 Å². The molecule has 142 valence electrons. The molecule has 28 heavy (non-hydrogen) atoms. The molecule has 0 saturated heterocycles. The van der Waals surface area contributed by atoms with Gasteiger partial charge in [-0.15, -0.1) is 31.7 Å². The van der Waals surface area contributed by atoms with Crippen molar-refractivity contribution in [1.82, 2.24) is 29.9 Å². The number of thiophene rings is 1. The Bertz CT molecular complexity index is 1080. The maximum absolute atomic E-state index is 5.90. The highest BCUT2D eigenvalue weighted by Crippen LogP contribution is 2.35. The van der Waals surface area contributed by atoms with Crippen molar-refractivity contribution >= 4 is 23.1 Å². The van der Waals surface area contributed by atoms with E-state index in [1.54, 1.807) is 23.7 Å². The third kappa shape index (κ3) is 3.35. The maximum atomic E-state index is 5.90. The second-order valence-corrected chi connectivity index (χ2v) is 8.74. The van der Waals surface area contributed by atoms with E-state index in [1.165, 1.54) is 41.5 Å². The molecule has 0 atom stereocenters. The van der Waals surface area contributed by atoms with E-state index >= 15 is 0 Å². The van der Waals surface area contributed by atoms with Crippen LogP contribution in [0.5, 0.6) is 0 Å². The van der Waals surface area contributed by atoms with Crippen LogP contribution in [0.25, 0.3) is 22.2 Å². The molecule has 0 aliphatic heterocycles. The molecule has 4 aromatic rings. The summed E-state index contributed by atoms with van der Waals surface area (Å²) in [4.78, 5) is 6.59. The predicted molar refractivity (Wildman–Crippen MR) is 108 cm³/mol. The zero-order chi connectivity index (χ0) is 18.9. The van der Waals surface area contributed by atoms with Gasteiger partial charge in [-0.2, -0.15) is 0 Å². The molecule has 0 N–H and O–H groups in total. The summed E-state index contributed by atoms with van der Waals surface area (Å²) in [5.74, 6) is 2.57. The third-order valence-electron chi connectivity index (χ3n) is 4.77. The number of hydrogen-bond donors (Lipinski definition) is 0. The van der Waals surface area contributed by atoms with Gasteiger partial charge in [0.25, 0.3) is 5.89 Å². The molecule has 0 fully saturated rings. The fraction of sp³-hybridized carbons (Fsp3) is 0.316. The summed E-state index contributed by atoms with van der Waals surface area (Å²) in [5, 5.41) is 17.8. The number of aromatic nitrogens is 6. The predicted octanol–water partition coefficient (Wildman–Crippen LogP) is 4.16. The molecule has 5 rings (SSSR count). The third-order valence-corrected chi connectivity index (χ3v) is 7.00. The van der Waals surface area contributed by atoms with Crippen molar-refractivity contribution in [2.45, 2.75) is 36.6 Å². The lowest BCUT2D eigenvalue weighted by atomic mass is 9.99. The van der Waals surface area contributed by atoms with Gasteiger partial charge in [0.2, 0.25) is 5.89 Å². The summed E-state index contributed by atoms with van der Waals surface area (Å²) in [6.07, 6.45) is 8.38. The molecular weight excluding hydrogens is 392 g/mol. The van der Waals surface area contributed by atoms with E-state index < -0.39 is 0 Å². The number of aryl methyl sites for hydroxylation is 2. The number of hydrogen-bond acceptors (Lipinski definition) is 8. The zero-order valence-electron chi connectivity index (χ0n) is 15.3. The SMILES string of the molecule is Cn1c(SCc2nnc(-c3cc4c(s3)CCCC4)o2)nnc1-c1ccncc1. The Morgan fingerprint density at radius 3 is 2.82 bits per heavy atom. The molecule has 4 heterocycles. The molecule has 9 heteroatoms. The van der Waals surface area contributed by atoms with Crippen molar-refractivity contribution < 1.29 is 4.42 Å². The normalized spacial score (nSPS) is 13.6. The second kappa shape index (κ2) is 7.48. The first kappa shape index (κ1) is 17.6. The van der Waals surface area contributed by atoms with Crippen molar-refractivity contribution in [2.75, 3.05) is 0 Å². The summed E-state index contributed by atoms with van der Waals surface area (Å²) < 4.78 is 7.87. The van der Waals surface area contributed by atoms with Gasteiger partial charge in [0, 0.05) is 29.9 Å². The molecule has 0 amide bonds. The van der Waals surface area contributed by atoms with E-state index in [2.05, 4.69) is 31.4 Å². The van der Waals surface area contributed by atoms with E-state index in [1.807, 2.05) is 23.7 Å². The van der Waals surface area contributed by atoms with E-state index in [-0.39, 0.29) is 0 Å². The van der Waals surface area contributed by atoms with Crippen LogP contribution in [0.15, 0.2) is 40.2 Å². The van der Waals surface area contributed by atoms with Crippen molar-refractivity contribution in [3.8, 4) is 22.2 Å². The lowest BCUT2D eigenvalue weighted by molar-refractivity contribution is 0.529. The summed E-state index contributed by atoms with van der Waals surface area (Å²) in [6.45, 7) is 0. The Hall–Kier alpha value is -2.52. The highest BCUT2D eigenvalue weighted by molar-refractivity contribution is 7.98. The summed E-state index contributed by atoms with van der Waals surface area (Å²) in [6, 6.07) is 6.06. The highest BCUT2D eigenvalue weighted by Gasteiger charge is 2.18. The number of thioether (sulfide) groups is 1. The average Bonchev–Trinajstić information content (AvgIpc) is 3.45. The molecule has 7 nitrogen and oxygen atoms in total. The van der Waals surface area contributed by atoms with E-state index in [0.29, 0.717) is 17.5 Å². The smallest absolute Gasteiger partial charge is 0.257 e. The van der Waals surface area contributed by atoms with Gasteiger partial charge in [0.1, 0.15) is 0 Å². The maximum Gasteiger partial charge on any atom is 0.257 e. The first-order valence-electron chi connectivity index (χ1n) is 9.15. The lowest BCUT2D eigenvalue weighted by Gasteiger charge is -2.08. The van der Waals surface area contributed by atoms with Crippen molar-refractivity contribution in [3.05, 3.63) is 46.9 Å². The number of pyridine rings is 1. The van der Waals surface area contributed by atoms with Gasteiger partial charge in [-0.1, -0.05) is 11.8 Å². The first-order chi connectivity index (χ1) is 13.8. The Morgan fingerprint density at radius 2 is 1.96 bits per heavy atom. The summed E-state index contributed by atoms with van der Waals surface area (Å²) in [5.41, 5.74) is 2.43. The first-order valence-corrected chi connectivity index (χ1v) is 10.9. The van der Waals surface area contributed by atoms with Gasteiger partial charge in [-0.05, 0) is 49.4 Å². The molecule has 1 aliphatic rings. The number of fused-ring (bicyclic) bond motifs is 1. The molecule has 0 aromatic carbocycles. The monoisotopic (exact) mass is 410 g/mol. The van der Waals surface area contributed by atoms with Gasteiger partial charge in [0.15, 0.2) is 11.0 Å². The topological polar surface area (TPSA) is 82.5 Å². The Morgan fingerprint density at radius 1 is 1.11 bits per heavy atom. The van der Waals surface area contributed by atoms with Gasteiger partial charge < -0.3 is 8.98 Å². The minimum absolute atomic E-state index is 0.556. The standard InChI is InChI=1S/C19H18N6OS2/c1-25-17(12-6-8-20-9-7-12)22-24-19(25)27-11-16-21-23-18(26-16)15-10-13-4-2-3-5-14(13)28-15/h6-10H,2-5,11H2,1H3. The average molecular weight is 411 g/mol. The molecule has 0 radical (unpaired) electrons. The van der Waals surface area contributed by atoms with E-state index in [9.17, 15) is 0 Å². The minimum atomic E-state index is 0.556. The molecule has 0 unspecified atom stereocenters. The second-order valence-electron chi connectivity index (χ2n) is 6.66. The van der Waals surface area contributed by atoms with Crippen LogP contribution in [0.3, 0.4) is 0 Å². The zero-order valence-corrected chi connectivity index (χ0v) is 17.0. The lowest BCUT2D eigenvalue weighted by Crippen LogP contribution is -1.96. The number of nitrogens with zero attached hydrogens (tertiary/aromatic N) is 6. The Balaban J connectivity index is 1.29. The number of rotatable bonds is 5. The van der Waals surface area contributed by atoms with Crippen LogP contribution in [0.4, 0.5) is 0 Å². The van der Waals surface area contributed by atoms with Crippen LogP contribution in [0.2, 0.25) is 0 Å². The minimum Gasteiger partial charge on any atom is -0.419 e. The van der Waals surface area contributed by atoms with Crippen LogP contribution in [0, 0.1) is 0 Å². The van der Waals surface area contributed by atoms with E-state index in [4.69, 9.17) is 4.42 Å². The van der Waals surface area contributed by atoms with Crippen molar-refractivity contribution in [1.29, 1.82) is 0 Å². The molecule has 0 saturated carbocycles. The van der Waals surface area contributed by atoms with E-state index in [0.717, 1.165) is 27.8 Å². The summed E-state index contributed by atoms with van der Waals surface area (Å²) in [7, 11) is 1.95. The Labute approximate surface area is 170 Å². The fourth-order valence-electron chi connectivity index (χ4n) is 3.33. The Kier molecular flexibility index (Phi) is 4.69. The molecule has 1 aliphatic carbocycles. The highest BCUT2D eigenvalue weighted by atomic mass is 32.2. The summed E-state index contributed by atoms with van der Waals surface area (Å²) >= 11 is 3.32. The quantitative estimate of drug-likeness (QED) is 0.457. The molecule has 0 bridgehead atoms. The fourth-order valence-corrected chi connectivity index (χ4v) is 5.25. The molecule has 0 spiro atoms. The molecular formula is C19H18N6OS2. The largest absolute Gasteiger partial charge is 0.419 e. The van der Waals surface area contributed by atoms with Crippen molar-refractivity contribution in [3.63, 3.8) is 0 Å². The van der Waals surface area contributed by atoms with Gasteiger partial charge in [-0.25, -0.2) is 0 Å². The van der Waals surface area contributed by atoms with Crippen LogP contribution in [-0.4, -0.2) is 29.9 Å². The van der Waals surface area contributed by atoms with Gasteiger partial charge >= 0.3 is 0 Å². The van der Waals surface area contributed by atoms with Crippen LogP contribution in [-0.2, 0) is 25.6 Å². The van der Waals surface area contributed by atoms with Gasteiger partial charge in [-0.3, -0.25) is 4.98 Å². The van der Waals surface area contributed by atoms with Crippen molar-refractivity contribution in [2.24, 2.45) is 7.05 Å². The van der Waals surface area contributed by atoms with Gasteiger partial charge in [0.05, 0.1) is 10.6 Å². The molecule has 4 aromatic heterocycles. The van der Waals surface area contributed by atoms with Crippen LogP contribution < -0.4 is 0 Å².